The van der Waals surface area contributed by atoms with Crippen LogP contribution in [0.15, 0.2) is 16.8 Å². The summed E-state index contributed by atoms with van der Waals surface area (Å²) in [4.78, 5) is 17.1. The fraction of sp³-hybridized carbons (Fsp3) is 0.688. The van der Waals surface area contributed by atoms with E-state index in [1.54, 1.807) is 11.3 Å². The number of thiophene rings is 1. The van der Waals surface area contributed by atoms with Crippen molar-refractivity contribution in [1.29, 1.82) is 0 Å². The summed E-state index contributed by atoms with van der Waals surface area (Å²) in [5, 5.41) is 4.13. The molecule has 1 aromatic heterocycles. The number of anilines is 1. The monoisotopic (exact) mass is 306 g/mol. The quantitative estimate of drug-likeness (QED) is 0.857. The fourth-order valence-corrected chi connectivity index (χ4v) is 4.68. The van der Waals surface area contributed by atoms with Crippen LogP contribution in [-0.2, 0) is 9.53 Å². The number of carbonyl (C=O) groups excluding carboxylic acids is 1. The molecule has 1 amide bonds. The number of amides is 1. The Kier molecular flexibility index (Phi) is 3.73. The summed E-state index contributed by atoms with van der Waals surface area (Å²) in [7, 11) is 0. The van der Waals surface area contributed by atoms with Crippen LogP contribution in [-0.4, -0.2) is 50.2 Å². The molecular formula is C16H22N2O2S. The molecule has 3 fully saturated rings. The largest absolute Gasteiger partial charge is 0.381 e. The average Bonchev–Trinajstić information content (AvgIpc) is 3.19. The van der Waals surface area contributed by atoms with Crippen molar-refractivity contribution in [1.82, 2.24) is 4.90 Å². The lowest BCUT2D eigenvalue weighted by molar-refractivity contribution is -0.120. The highest BCUT2D eigenvalue weighted by Gasteiger charge is 2.46. The Balaban J connectivity index is 1.37. The normalized spacial score (nSPS) is 31.0. The van der Waals surface area contributed by atoms with Gasteiger partial charge in [-0.25, -0.2) is 0 Å². The van der Waals surface area contributed by atoms with E-state index in [1.165, 1.54) is 12.8 Å². The minimum absolute atomic E-state index is 0.227. The average molecular weight is 306 g/mol. The van der Waals surface area contributed by atoms with Crippen molar-refractivity contribution in [3.8, 4) is 0 Å². The summed E-state index contributed by atoms with van der Waals surface area (Å²) >= 11 is 1.66. The van der Waals surface area contributed by atoms with Gasteiger partial charge in [0.05, 0.1) is 11.6 Å². The van der Waals surface area contributed by atoms with Gasteiger partial charge in [0.25, 0.3) is 0 Å². The third kappa shape index (κ3) is 2.62. The molecule has 5 heteroatoms. The lowest BCUT2D eigenvalue weighted by Crippen LogP contribution is -2.35. The van der Waals surface area contributed by atoms with Crippen molar-refractivity contribution < 1.29 is 9.53 Å². The number of likely N-dealkylation sites (tertiary alicyclic amines) is 1. The molecule has 3 aliphatic heterocycles. The number of carbonyl (C=O) groups is 1. The minimum Gasteiger partial charge on any atom is -0.381 e. The predicted octanol–water partition coefficient (Wildman–Crippen LogP) is 2.07. The van der Waals surface area contributed by atoms with Gasteiger partial charge in [-0.3, -0.25) is 4.79 Å². The summed E-state index contributed by atoms with van der Waals surface area (Å²) in [6.07, 6.45) is 2.36. The number of nitrogens with zero attached hydrogens (tertiary/aromatic N) is 2. The van der Waals surface area contributed by atoms with Crippen LogP contribution in [0.4, 0.5) is 5.69 Å². The van der Waals surface area contributed by atoms with Crippen molar-refractivity contribution in [3.05, 3.63) is 16.8 Å². The second kappa shape index (κ2) is 5.71. The molecule has 2 atom stereocenters. The Morgan fingerprint density at radius 1 is 1.24 bits per heavy atom. The highest BCUT2D eigenvalue weighted by molar-refractivity contribution is 7.08. The lowest BCUT2D eigenvalue weighted by atomic mass is 10.00. The minimum atomic E-state index is 0.227. The Morgan fingerprint density at radius 3 is 2.81 bits per heavy atom. The zero-order valence-corrected chi connectivity index (χ0v) is 13.1. The summed E-state index contributed by atoms with van der Waals surface area (Å²) in [5.41, 5.74) is 1.09. The van der Waals surface area contributed by atoms with E-state index < -0.39 is 0 Å². The molecule has 0 saturated carbocycles. The third-order valence-corrected chi connectivity index (χ3v) is 5.86. The van der Waals surface area contributed by atoms with Gasteiger partial charge in [0.1, 0.15) is 0 Å². The van der Waals surface area contributed by atoms with Crippen molar-refractivity contribution in [3.63, 3.8) is 0 Å². The Morgan fingerprint density at radius 2 is 2.10 bits per heavy atom. The highest BCUT2D eigenvalue weighted by Crippen LogP contribution is 2.36. The van der Waals surface area contributed by atoms with E-state index in [9.17, 15) is 4.79 Å². The van der Waals surface area contributed by atoms with Crippen LogP contribution in [0.25, 0.3) is 0 Å². The number of hydrogen-bond donors (Lipinski definition) is 0. The van der Waals surface area contributed by atoms with E-state index in [4.69, 9.17) is 4.74 Å². The van der Waals surface area contributed by atoms with E-state index in [1.807, 2.05) is 10.3 Å². The Labute approximate surface area is 129 Å². The van der Waals surface area contributed by atoms with Gasteiger partial charge in [-0.1, -0.05) is 0 Å². The first-order valence-corrected chi connectivity index (χ1v) is 8.89. The van der Waals surface area contributed by atoms with E-state index in [0.29, 0.717) is 11.8 Å². The summed E-state index contributed by atoms with van der Waals surface area (Å²) in [5.74, 6) is 1.86. The first-order chi connectivity index (χ1) is 10.3. The maximum atomic E-state index is 12.6. The Bertz CT molecular complexity index is 498. The second-order valence-corrected chi connectivity index (χ2v) is 7.35. The van der Waals surface area contributed by atoms with Crippen LogP contribution in [0.5, 0.6) is 0 Å². The molecule has 0 N–H and O–H groups in total. The van der Waals surface area contributed by atoms with Crippen molar-refractivity contribution in [2.24, 2.45) is 17.8 Å². The molecule has 3 aliphatic rings. The molecule has 4 nitrogen and oxygen atoms in total. The summed E-state index contributed by atoms with van der Waals surface area (Å²) in [6.45, 7) is 5.94. The number of fused-ring (bicyclic) bond motifs is 1. The number of rotatable bonds is 3. The molecule has 114 valence electrons. The maximum Gasteiger partial charge on any atom is 0.231 e. The summed E-state index contributed by atoms with van der Waals surface area (Å²) < 4.78 is 5.43. The molecule has 4 heterocycles. The molecule has 0 aliphatic carbocycles. The SMILES string of the molecule is O=C1[C@@H]2CN(CC3CCOCC3)C[C@@H]2CN1c1ccsc1. The standard InChI is InChI=1S/C16H22N2O2S/c19-16-15-10-17(7-12-1-4-20-5-2-12)8-13(15)9-18(16)14-3-6-21-11-14/h3,6,11-13,15H,1-2,4-5,7-10H2/t13-,15-/m1/s1. The molecule has 21 heavy (non-hydrogen) atoms. The van der Waals surface area contributed by atoms with Gasteiger partial charge in [0, 0.05) is 50.7 Å². The van der Waals surface area contributed by atoms with Crippen LogP contribution >= 0.6 is 11.3 Å². The molecule has 0 unspecified atom stereocenters. The lowest BCUT2D eigenvalue weighted by Gasteiger charge is -2.28. The number of ether oxygens (including phenoxy) is 1. The van der Waals surface area contributed by atoms with E-state index in [-0.39, 0.29) is 5.92 Å². The first kappa shape index (κ1) is 13.7. The topological polar surface area (TPSA) is 32.8 Å². The van der Waals surface area contributed by atoms with Gasteiger partial charge in [0.2, 0.25) is 5.91 Å². The smallest absolute Gasteiger partial charge is 0.231 e. The van der Waals surface area contributed by atoms with Crippen molar-refractivity contribution >= 4 is 22.9 Å². The fourth-order valence-electron chi connectivity index (χ4n) is 4.04. The molecule has 1 aromatic rings. The van der Waals surface area contributed by atoms with Gasteiger partial charge in [-0.05, 0) is 30.2 Å². The van der Waals surface area contributed by atoms with Gasteiger partial charge < -0.3 is 14.5 Å². The molecule has 4 rings (SSSR count). The molecular weight excluding hydrogens is 284 g/mol. The zero-order valence-electron chi connectivity index (χ0n) is 12.2. The Hall–Kier alpha value is -0.910. The molecule has 3 saturated heterocycles. The zero-order chi connectivity index (χ0) is 14.2. The van der Waals surface area contributed by atoms with Crippen LogP contribution in [0, 0.1) is 17.8 Å². The van der Waals surface area contributed by atoms with Gasteiger partial charge in [0.15, 0.2) is 0 Å². The van der Waals surface area contributed by atoms with Gasteiger partial charge >= 0.3 is 0 Å². The highest BCUT2D eigenvalue weighted by atomic mass is 32.1. The molecule has 0 aromatic carbocycles. The maximum absolute atomic E-state index is 12.6. The van der Waals surface area contributed by atoms with E-state index in [2.05, 4.69) is 16.3 Å². The van der Waals surface area contributed by atoms with E-state index in [0.717, 1.165) is 51.0 Å². The van der Waals surface area contributed by atoms with E-state index >= 15 is 0 Å². The first-order valence-electron chi connectivity index (χ1n) is 7.95. The van der Waals surface area contributed by atoms with Crippen LogP contribution < -0.4 is 4.90 Å². The predicted molar refractivity (Wildman–Crippen MR) is 83.6 cm³/mol. The van der Waals surface area contributed by atoms with Crippen LogP contribution in [0.3, 0.4) is 0 Å². The van der Waals surface area contributed by atoms with Crippen LogP contribution in [0.2, 0.25) is 0 Å². The molecule has 0 bridgehead atoms. The van der Waals surface area contributed by atoms with Crippen molar-refractivity contribution in [2.75, 3.05) is 44.3 Å². The van der Waals surface area contributed by atoms with Gasteiger partial charge in [-0.15, -0.1) is 0 Å². The number of hydrogen-bond acceptors (Lipinski definition) is 4. The van der Waals surface area contributed by atoms with Gasteiger partial charge in [-0.2, -0.15) is 11.3 Å². The molecule has 0 spiro atoms. The summed E-state index contributed by atoms with van der Waals surface area (Å²) in [6, 6.07) is 2.06. The third-order valence-electron chi connectivity index (χ3n) is 5.19. The van der Waals surface area contributed by atoms with Crippen LogP contribution in [0.1, 0.15) is 12.8 Å². The van der Waals surface area contributed by atoms with Crippen molar-refractivity contribution in [2.45, 2.75) is 12.8 Å². The second-order valence-electron chi connectivity index (χ2n) is 6.57. The molecule has 0 radical (unpaired) electrons.